The van der Waals surface area contributed by atoms with Crippen LogP contribution in [0.2, 0.25) is 0 Å². The Morgan fingerprint density at radius 3 is 2.85 bits per heavy atom. The molecule has 20 heavy (non-hydrogen) atoms. The Kier molecular flexibility index (Phi) is 4.50. The third-order valence-corrected chi connectivity index (χ3v) is 2.81. The van der Waals surface area contributed by atoms with Gasteiger partial charge in [0.05, 0.1) is 5.69 Å². The third-order valence-electron chi connectivity index (χ3n) is 2.81. The van der Waals surface area contributed by atoms with Gasteiger partial charge in [0.2, 0.25) is 0 Å². The van der Waals surface area contributed by atoms with E-state index in [4.69, 9.17) is 9.84 Å². The first-order valence-electron chi connectivity index (χ1n) is 6.20. The van der Waals surface area contributed by atoms with Crippen molar-refractivity contribution >= 4 is 12.0 Å². The molecular weight excluding hydrogens is 254 g/mol. The maximum absolute atomic E-state index is 10.6. The number of carboxylic acids is 1. The minimum Gasteiger partial charge on any atom is -0.487 e. The van der Waals surface area contributed by atoms with Crippen molar-refractivity contribution in [2.45, 2.75) is 13.5 Å². The zero-order valence-electron chi connectivity index (χ0n) is 11.1. The van der Waals surface area contributed by atoms with E-state index in [2.05, 4.69) is 4.98 Å². The molecule has 2 rings (SSSR count). The lowest BCUT2D eigenvalue weighted by atomic mass is 10.2. The molecule has 1 aromatic carbocycles. The summed E-state index contributed by atoms with van der Waals surface area (Å²) in [6.07, 6.45) is 4.33. The number of nitrogens with zero attached hydrogens (tertiary/aromatic N) is 1. The molecule has 0 spiro atoms. The zero-order valence-corrected chi connectivity index (χ0v) is 11.1. The van der Waals surface area contributed by atoms with Crippen LogP contribution in [0.4, 0.5) is 0 Å². The highest BCUT2D eigenvalue weighted by atomic mass is 16.5. The number of carboxylic acid groups (broad SMARTS) is 1. The second-order valence-corrected chi connectivity index (χ2v) is 4.27. The molecule has 4 heteroatoms. The van der Waals surface area contributed by atoms with Gasteiger partial charge in [0.25, 0.3) is 0 Å². The molecule has 1 N–H and O–H groups in total. The van der Waals surface area contributed by atoms with Gasteiger partial charge in [-0.25, -0.2) is 4.79 Å². The highest BCUT2D eigenvalue weighted by Crippen LogP contribution is 2.21. The lowest BCUT2D eigenvalue weighted by Gasteiger charge is -2.10. The van der Waals surface area contributed by atoms with Crippen LogP contribution in [-0.2, 0) is 11.4 Å². The van der Waals surface area contributed by atoms with Gasteiger partial charge in [-0.2, -0.15) is 0 Å². The van der Waals surface area contributed by atoms with Crippen LogP contribution in [0, 0.1) is 6.92 Å². The molecule has 0 aliphatic rings. The molecule has 0 bridgehead atoms. The summed E-state index contributed by atoms with van der Waals surface area (Å²) >= 11 is 0. The summed E-state index contributed by atoms with van der Waals surface area (Å²) in [5.41, 5.74) is 2.65. The van der Waals surface area contributed by atoms with Crippen molar-refractivity contribution in [1.29, 1.82) is 0 Å². The van der Waals surface area contributed by atoms with Crippen LogP contribution in [0.1, 0.15) is 16.8 Å². The maximum atomic E-state index is 10.6. The number of aryl methyl sites for hydroxylation is 1. The minimum absolute atomic E-state index is 0.352. The molecule has 1 aromatic heterocycles. The Balaban J connectivity index is 2.14. The second-order valence-electron chi connectivity index (χ2n) is 4.27. The maximum Gasteiger partial charge on any atom is 0.328 e. The van der Waals surface area contributed by atoms with Crippen LogP contribution in [0.3, 0.4) is 0 Å². The zero-order chi connectivity index (χ0) is 14.4. The lowest BCUT2D eigenvalue weighted by molar-refractivity contribution is -0.131. The van der Waals surface area contributed by atoms with E-state index in [1.54, 1.807) is 18.3 Å². The molecule has 102 valence electrons. The summed E-state index contributed by atoms with van der Waals surface area (Å²) in [4.78, 5) is 14.8. The first-order valence-corrected chi connectivity index (χ1v) is 6.20. The van der Waals surface area contributed by atoms with E-state index >= 15 is 0 Å². The van der Waals surface area contributed by atoms with E-state index in [-0.39, 0.29) is 0 Å². The second kappa shape index (κ2) is 6.52. The Morgan fingerprint density at radius 2 is 2.10 bits per heavy atom. The number of ether oxygens (including phenoxy) is 1. The molecule has 0 saturated heterocycles. The quantitative estimate of drug-likeness (QED) is 0.847. The van der Waals surface area contributed by atoms with Gasteiger partial charge in [-0.1, -0.05) is 24.3 Å². The molecule has 0 atom stereocenters. The Bertz CT molecular complexity index is 635. The Labute approximate surface area is 117 Å². The van der Waals surface area contributed by atoms with Gasteiger partial charge in [-0.3, -0.25) is 4.98 Å². The topological polar surface area (TPSA) is 59.4 Å². The molecule has 0 unspecified atom stereocenters. The molecule has 1 heterocycles. The fourth-order valence-corrected chi connectivity index (χ4v) is 1.73. The number of carbonyl (C=O) groups is 1. The third kappa shape index (κ3) is 3.68. The van der Waals surface area contributed by atoms with E-state index in [1.165, 1.54) is 6.08 Å². The fraction of sp³-hybridized carbons (Fsp3) is 0.125. The predicted molar refractivity (Wildman–Crippen MR) is 76.4 cm³/mol. The number of aromatic nitrogens is 1. The molecule has 2 aromatic rings. The predicted octanol–water partition coefficient (Wildman–Crippen LogP) is 3.07. The Hall–Kier alpha value is -2.62. The van der Waals surface area contributed by atoms with Gasteiger partial charge in [0.1, 0.15) is 12.4 Å². The number of pyridine rings is 1. The average molecular weight is 269 g/mol. The summed E-state index contributed by atoms with van der Waals surface area (Å²) < 4.78 is 5.73. The summed E-state index contributed by atoms with van der Waals surface area (Å²) in [7, 11) is 0. The first kappa shape index (κ1) is 13.8. The molecule has 0 aliphatic carbocycles. The van der Waals surface area contributed by atoms with Crippen molar-refractivity contribution in [2.75, 3.05) is 0 Å². The van der Waals surface area contributed by atoms with Gasteiger partial charge >= 0.3 is 5.97 Å². The standard InChI is InChI=1S/C16H15NO3/c1-12-5-4-10-17-14(12)11-20-15-7-3-2-6-13(15)8-9-16(18)19/h2-10H,11H2,1H3,(H,18,19)/b9-8+. The van der Waals surface area contributed by atoms with Crippen LogP contribution in [-0.4, -0.2) is 16.1 Å². The van der Waals surface area contributed by atoms with Crippen molar-refractivity contribution in [2.24, 2.45) is 0 Å². The smallest absolute Gasteiger partial charge is 0.328 e. The molecule has 0 amide bonds. The van der Waals surface area contributed by atoms with E-state index in [1.807, 2.05) is 31.2 Å². The van der Waals surface area contributed by atoms with Crippen LogP contribution in [0.25, 0.3) is 6.08 Å². The largest absolute Gasteiger partial charge is 0.487 e. The van der Waals surface area contributed by atoms with E-state index < -0.39 is 5.97 Å². The fourth-order valence-electron chi connectivity index (χ4n) is 1.73. The SMILES string of the molecule is Cc1cccnc1COc1ccccc1/C=C/C(=O)O. The van der Waals surface area contributed by atoms with Crippen molar-refractivity contribution < 1.29 is 14.6 Å². The summed E-state index contributed by atoms with van der Waals surface area (Å²) in [5, 5.41) is 8.67. The van der Waals surface area contributed by atoms with Gasteiger partial charge < -0.3 is 9.84 Å². The van der Waals surface area contributed by atoms with E-state index in [0.29, 0.717) is 12.4 Å². The molecule has 0 aliphatic heterocycles. The summed E-state index contributed by atoms with van der Waals surface area (Å²) in [6.45, 7) is 2.33. The minimum atomic E-state index is -0.986. The molecule has 4 nitrogen and oxygen atoms in total. The number of aliphatic carboxylic acids is 1. The van der Waals surface area contributed by atoms with Gasteiger partial charge in [-0.15, -0.1) is 0 Å². The highest BCUT2D eigenvalue weighted by Gasteiger charge is 2.03. The number of benzene rings is 1. The normalized spacial score (nSPS) is 10.7. The van der Waals surface area contributed by atoms with E-state index in [0.717, 1.165) is 22.9 Å². The monoisotopic (exact) mass is 269 g/mol. The van der Waals surface area contributed by atoms with Crippen molar-refractivity contribution in [3.63, 3.8) is 0 Å². The molecule has 0 fully saturated rings. The van der Waals surface area contributed by atoms with Gasteiger partial charge in [0.15, 0.2) is 0 Å². The number of rotatable bonds is 5. The molecular formula is C16H15NO3. The van der Waals surface area contributed by atoms with Crippen LogP contribution < -0.4 is 4.74 Å². The van der Waals surface area contributed by atoms with Crippen LogP contribution >= 0.6 is 0 Å². The van der Waals surface area contributed by atoms with Crippen LogP contribution in [0.15, 0.2) is 48.7 Å². The van der Waals surface area contributed by atoms with Crippen molar-refractivity contribution in [3.05, 3.63) is 65.5 Å². The molecule has 0 radical (unpaired) electrons. The summed E-state index contributed by atoms with van der Waals surface area (Å²) in [5.74, 6) is -0.351. The van der Waals surface area contributed by atoms with Crippen LogP contribution in [0.5, 0.6) is 5.75 Å². The summed E-state index contributed by atoms with van der Waals surface area (Å²) in [6, 6.07) is 11.1. The first-order chi connectivity index (χ1) is 9.66. The van der Waals surface area contributed by atoms with Gasteiger partial charge in [-0.05, 0) is 30.7 Å². The average Bonchev–Trinajstić information content (AvgIpc) is 2.45. The highest BCUT2D eigenvalue weighted by molar-refractivity contribution is 5.85. The van der Waals surface area contributed by atoms with Gasteiger partial charge in [0, 0.05) is 17.8 Å². The lowest BCUT2D eigenvalue weighted by Crippen LogP contribution is -2.01. The van der Waals surface area contributed by atoms with Crippen molar-refractivity contribution in [1.82, 2.24) is 4.98 Å². The number of hydrogen-bond acceptors (Lipinski definition) is 3. The number of hydrogen-bond donors (Lipinski definition) is 1. The molecule has 0 saturated carbocycles. The Morgan fingerprint density at radius 1 is 1.30 bits per heavy atom. The van der Waals surface area contributed by atoms with Crippen molar-refractivity contribution in [3.8, 4) is 5.75 Å². The number of para-hydroxylation sites is 1. The van der Waals surface area contributed by atoms with E-state index in [9.17, 15) is 4.79 Å².